The second-order valence-electron chi connectivity index (χ2n) is 6.81. The quantitative estimate of drug-likeness (QED) is 0.554. The fourth-order valence-corrected chi connectivity index (χ4v) is 3.21. The first-order valence-corrected chi connectivity index (χ1v) is 10.2. The van der Waals surface area contributed by atoms with E-state index in [1.165, 1.54) is 22.5 Å². The van der Waals surface area contributed by atoms with E-state index < -0.39 is 0 Å². The van der Waals surface area contributed by atoms with Gasteiger partial charge in [-0.2, -0.15) is 0 Å². The third-order valence-electron chi connectivity index (χ3n) is 4.22. The van der Waals surface area contributed by atoms with E-state index in [2.05, 4.69) is 15.6 Å². The number of thiazole rings is 1. The van der Waals surface area contributed by atoms with Crippen molar-refractivity contribution in [1.82, 2.24) is 9.88 Å². The summed E-state index contributed by atoms with van der Waals surface area (Å²) < 4.78 is 10.5. The molecule has 0 spiro atoms. The van der Waals surface area contributed by atoms with E-state index in [4.69, 9.17) is 9.15 Å². The van der Waals surface area contributed by atoms with Crippen LogP contribution < -0.4 is 15.4 Å². The van der Waals surface area contributed by atoms with Crippen LogP contribution in [0.5, 0.6) is 5.75 Å². The molecule has 31 heavy (non-hydrogen) atoms. The van der Waals surface area contributed by atoms with Crippen molar-refractivity contribution in [3.05, 3.63) is 59.0 Å². The molecule has 0 aliphatic carbocycles. The van der Waals surface area contributed by atoms with Crippen LogP contribution in [-0.2, 0) is 16.0 Å². The molecule has 3 aromatic rings. The van der Waals surface area contributed by atoms with Gasteiger partial charge in [-0.25, -0.2) is 4.98 Å². The summed E-state index contributed by atoms with van der Waals surface area (Å²) in [6, 6.07) is 8.31. The number of hydrogen-bond acceptors (Lipinski definition) is 7. The van der Waals surface area contributed by atoms with E-state index in [-0.39, 0.29) is 30.7 Å². The van der Waals surface area contributed by atoms with E-state index in [9.17, 15) is 14.4 Å². The van der Waals surface area contributed by atoms with Crippen LogP contribution in [0.1, 0.15) is 21.8 Å². The fourth-order valence-electron chi connectivity index (χ4n) is 2.51. The molecule has 0 atom stereocenters. The van der Waals surface area contributed by atoms with Crippen LogP contribution in [0.3, 0.4) is 0 Å². The average Bonchev–Trinajstić information content (AvgIpc) is 3.35. The standard InChI is InChI=1S/C21H22N4O5S/c1-13-17(8-9-29-13)20(28)24-21-23-15(12-31-21)10-18(26)22-14-4-6-16(7-5-14)30-11-19(27)25(2)3/h4-9,12H,10-11H2,1-3H3,(H,22,26)(H,23,24,28). The topological polar surface area (TPSA) is 114 Å². The first-order chi connectivity index (χ1) is 14.8. The predicted octanol–water partition coefficient (Wildman–Crippen LogP) is 2.95. The van der Waals surface area contributed by atoms with Gasteiger partial charge in [0.25, 0.3) is 11.8 Å². The summed E-state index contributed by atoms with van der Waals surface area (Å²) >= 11 is 1.24. The maximum atomic E-state index is 12.3. The van der Waals surface area contributed by atoms with Gasteiger partial charge in [0.05, 0.1) is 23.9 Å². The molecule has 162 valence electrons. The molecule has 0 radical (unpaired) electrons. The number of furan rings is 1. The molecule has 0 fully saturated rings. The third kappa shape index (κ3) is 6.16. The van der Waals surface area contributed by atoms with Gasteiger partial charge in [-0.15, -0.1) is 11.3 Å². The molecule has 9 nitrogen and oxygen atoms in total. The van der Waals surface area contributed by atoms with Gasteiger partial charge in [0.2, 0.25) is 5.91 Å². The van der Waals surface area contributed by atoms with E-state index in [0.717, 1.165) is 0 Å². The smallest absolute Gasteiger partial charge is 0.260 e. The first-order valence-electron chi connectivity index (χ1n) is 9.34. The van der Waals surface area contributed by atoms with Crippen LogP contribution in [-0.4, -0.2) is 48.3 Å². The van der Waals surface area contributed by atoms with Crippen molar-refractivity contribution < 1.29 is 23.5 Å². The number of benzene rings is 1. The van der Waals surface area contributed by atoms with E-state index in [1.54, 1.807) is 56.7 Å². The number of nitrogens with zero attached hydrogens (tertiary/aromatic N) is 2. The van der Waals surface area contributed by atoms with Gasteiger partial charge in [-0.1, -0.05) is 0 Å². The summed E-state index contributed by atoms with van der Waals surface area (Å²) in [4.78, 5) is 41.8. The monoisotopic (exact) mass is 442 g/mol. The maximum absolute atomic E-state index is 12.3. The van der Waals surface area contributed by atoms with Gasteiger partial charge in [-0.05, 0) is 37.3 Å². The molecule has 0 unspecified atom stereocenters. The van der Waals surface area contributed by atoms with Crippen LogP contribution in [0, 0.1) is 6.92 Å². The Morgan fingerprint density at radius 2 is 1.87 bits per heavy atom. The molecule has 2 N–H and O–H groups in total. The van der Waals surface area contributed by atoms with Crippen molar-refractivity contribution in [3.63, 3.8) is 0 Å². The zero-order chi connectivity index (χ0) is 22.4. The molecule has 0 aliphatic rings. The van der Waals surface area contributed by atoms with Crippen LogP contribution >= 0.6 is 11.3 Å². The Labute approximate surface area is 183 Å². The van der Waals surface area contributed by atoms with E-state index in [0.29, 0.717) is 33.6 Å². The summed E-state index contributed by atoms with van der Waals surface area (Å²) in [5.41, 5.74) is 1.58. The highest BCUT2D eigenvalue weighted by atomic mass is 32.1. The molecule has 2 heterocycles. The molecule has 0 bridgehead atoms. The zero-order valence-corrected chi connectivity index (χ0v) is 18.1. The normalized spacial score (nSPS) is 10.4. The molecule has 0 aliphatic heterocycles. The van der Waals surface area contributed by atoms with Crippen molar-refractivity contribution in [2.45, 2.75) is 13.3 Å². The summed E-state index contributed by atoms with van der Waals surface area (Å²) in [7, 11) is 3.31. The number of aryl methyl sites for hydroxylation is 1. The molecular weight excluding hydrogens is 420 g/mol. The second-order valence-corrected chi connectivity index (χ2v) is 7.67. The Bertz CT molecular complexity index is 1070. The van der Waals surface area contributed by atoms with Gasteiger partial charge in [-0.3, -0.25) is 19.7 Å². The molecular formula is C21H22N4O5S. The van der Waals surface area contributed by atoms with Gasteiger partial charge >= 0.3 is 0 Å². The van der Waals surface area contributed by atoms with Crippen LogP contribution in [0.25, 0.3) is 0 Å². The second kappa shape index (κ2) is 9.90. The lowest BCUT2D eigenvalue weighted by Crippen LogP contribution is -2.27. The average molecular weight is 442 g/mol. The Balaban J connectivity index is 1.49. The summed E-state index contributed by atoms with van der Waals surface area (Å²) in [5, 5.41) is 7.60. The van der Waals surface area contributed by atoms with E-state index in [1.807, 2.05) is 0 Å². The fraction of sp³-hybridized carbons (Fsp3) is 0.238. The van der Waals surface area contributed by atoms with Crippen molar-refractivity contribution in [1.29, 1.82) is 0 Å². The molecule has 0 saturated carbocycles. The predicted molar refractivity (Wildman–Crippen MR) is 116 cm³/mol. The summed E-state index contributed by atoms with van der Waals surface area (Å²) in [6.45, 7) is 1.65. The van der Waals surface area contributed by atoms with Crippen LogP contribution in [0.15, 0.2) is 46.4 Å². The number of hydrogen-bond donors (Lipinski definition) is 2. The van der Waals surface area contributed by atoms with Crippen molar-refractivity contribution >= 4 is 39.9 Å². The van der Waals surface area contributed by atoms with Crippen LogP contribution in [0.2, 0.25) is 0 Å². The lowest BCUT2D eigenvalue weighted by molar-refractivity contribution is -0.130. The van der Waals surface area contributed by atoms with Crippen molar-refractivity contribution in [3.8, 4) is 5.75 Å². The SMILES string of the molecule is Cc1occc1C(=O)Nc1nc(CC(=O)Nc2ccc(OCC(=O)N(C)C)cc2)cs1. The van der Waals surface area contributed by atoms with Gasteiger partial charge < -0.3 is 19.4 Å². The molecule has 0 saturated heterocycles. The van der Waals surface area contributed by atoms with Crippen molar-refractivity contribution in [2.24, 2.45) is 0 Å². The van der Waals surface area contributed by atoms with Gasteiger partial charge in [0, 0.05) is 25.2 Å². The highest BCUT2D eigenvalue weighted by molar-refractivity contribution is 7.14. The number of anilines is 2. The number of ether oxygens (including phenoxy) is 1. The first kappa shape index (κ1) is 22.0. The summed E-state index contributed by atoms with van der Waals surface area (Å²) in [5.74, 6) is 0.350. The van der Waals surface area contributed by atoms with Crippen molar-refractivity contribution in [2.75, 3.05) is 31.3 Å². The number of amides is 3. The number of rotatable bonds is 8. The lowest BCUT2D eigenvalue weighted by Gasteiger charge is -2.11. The minimum absolute atomic E-state index is 0.0540. The zero-order valence-electron chi connectivity index (χ0n) is 17.3. The Morgan fingerprint density at radius 3 is 2.52 bits per heavy atom. The van der Waals surface area contributed by atoms with E-state index >= 15 is 0 Å². The molecule has 3 amide bonds. The molecule has 3 rings (SSSR count). The molecule has 1 aromatic carbocycles. The Kier molecular flexibility index (Phi) is 7.03. The Hall–Kier alpha value is -3.66. The van der Waals surface area contributed by atoms with Gasteiger partial charge in [0.15, 0.2) is 11.7 Å². The minimum atomic E-state index is -0.314. The molecule has 2 aromatic heterocycles. The van der Waals surface area contributed by atoms with Gasteiger partial charge in [0.1, 0.15) is 11.5 Å². The largest absolute Gasteiger partial charge is 0.484 e. The number of aromatic nitrogens is 1. The highest BCUT2D eigenvalue weighted by Crippen LogP contribution is 2.19. The Morgan fingerprint density at radius 1 is 1.13 bits per heavy atom. The molecule has 10 heteroatoms. The third-order valence-corrected chi connectivity index (χ3v) is 5.02. The number of nitrogens with one attached hydrogen (secondary N) is 2. The highest BCUT2D eigenvalue weighted by Gasteiger charge is 2.14. The lowest BCUT2D eigenvalue weighted by atomic mass is 10.2. The van der Waals surface area contributed by atoms with Crippen LogP contribution in [0.4, 0.5) is 10.8 Å². The maximum Gasteiger partial charge on any atom is 0.260 e. The number of carbonyl (C=O) groups is 3. The number of likely N-dealkylation sites (N-methyl/N-ethyl adjacent to an activating group) is 1. The summed E-state index contributed by atoms with van der Waals surface area (Å²) in [6.07, 6.45) is 1.51. The number of carbonyl (C=O) groups excluding carboxylic acids is 3. The minimum Gasteiger partial charge on any atom is -0.484 e.